The van der Waals surface area contributed by atoms with Crippen LogP contribution in [0, 0.1) is 11.3 Å². The van der Waals surface area contributed by atoms with Crippen molar-refractivity contribution in [1.82, 2.24) is 9.80 Å². The molecule has 25 heavy (non-hydrogen) atoms. The summed E-state index contributed by atoms with van der Waals surface area (Å²) < 4.78 is 20.1. The number of halogens is 1. The van der Waals surface area contributed by atoms with Crippen LogP contribution in [0.2, 0.25) is 0 Å². The summed E-state index contributed by atoms with van der Waals surface area (Å²) >= 11 is 0. The molecule has 0 aromatic carbocycles. The summed E-state index contributed by atoms with van der Waals surface area (Å²) in [7, 11) is 0. The summed E-state index contributed by atoms with van der Waals surface area (Å²) in [5.41, 5.74) is -2.22. The Hall–Kier alpha value is -1.17. The van der Waals surface area contributed by atoms with Gasteiger partial charge in [-0.1, -0.05) is 0 Å². The van der Waals surface area contributed by atoms with Gasteiger partial charge in [-0.25, -0.2) is 4.39 Å². The van der Waals surface area contributed by atoms with E-state index >= 15 is 0 Å². The Labute approximate surface area is 149 Å². The van der Waals surface area contributed by atoms with Crippen LogP contribution in [0.1, 0.15) is 52.9 Å². The second-order valence-corrected chi connectivity index (χ2v) is 8.27. The molecule has 1 aliphatic carbocycles. The Bertz CT molecular complexity index is 535. The molecule has 1 saturated carbocycles. The number of carbonyl (C=O) groups excluding carboxylic acids is 2. The second kappa shape index (κ2) is 6.86. The molecule has 3 aliphatic rings. The fourth-order valence-corrected chi connectivity index (χ4v) is 4.64. The second-order valence-electron chi connectivity index (χ2n) is 8.27. The molecule has 2 atom stereocenters. The first kappa shape index (κ1) is 18.6. The van der Waals surface area contributed by atoms with Gasteiger partial charge in [-0.15, -0.1) is 0 Å². The fourth-order valence-electron chi connectivity index (χ4n) is 4.64. The van der Waals surface area contributed by atoms with Gasteiger partial charge in [-0.2, -0.15) is 0 Å². The van der Waals surface area contributed by atoms with Crippen molar-refractivity contribution in [1.29, 1.82) is 0 Å². The quantitative estimate of drug-likeness (QED) is 0.728. The van der Waals surface area contributed by atoms with Crippen LogP contribution in [0.3, 0.4) is 0 Å². The first-order valence-corrected chi connectivity index (χ1v) is 9.72. The molecule has 0 radical (unpaired) electrons. The number of nitrogens with zero attached hydrogens (tertiary/aromatic N) is 2. The van der Waals surface area contributed by atoms with E-state index in [0.717, 1.165) is 19.4 Å². The normalized spacial score (nSPS) is 32.0. The maximum absolute atomic E-state index is 14.6. The maximum Gasteiger partial charge on any atom is 0.313 e. The van der Waals surface area contributed by atoms with Gasteiger partial charge in [0.1, 0.15) is 0 Å². The van der Waals surface area contributed by atoms with E-state index in [0.29, 0.717) is 51.5 Å². The Morgan fingerprint density at radius 2 is 1.92 bits per heavy atom. The number of hydrogen-bond acceptors (Lipinski definition) is 4. The van der Waals surface area contributed by atoms with Crippen molar-refractivity contribution in [2.24, 2.45) is 11.3 Å². The number of carbonyl (C=O) groups is 2. The van der Waals surface area contributed by atoms with Gasteiger partial charge >= 0.3 is 5.97 Å². The van der Waals surface area contributed by atoms with Crippen LogP contribution in [-0.2, 0) is 14.3 Å². The fraction of sp³-hybridized carbons (Fsp3) is 0.895. The largest absolute Gasteiger partial charge is 0.466 e. The van der Waals surface area contributed by atoms with E-state index in [9.17, 15) is 14.0 Å². The highest BCUT2D eigenvalue weighted by molar-refractivity contribution is 5.86. The van der Waals surface area contributed by atoms with Gasteiger partial charge < -0.3 is 9.64 Å². The molecule has 0 aromatic heterocycles. The Balaban J connectivity index is 1.82. The highest BCUT2D eigenvalue weighted by atomic mass is 19.1. The number of likely N-dealkylation sites (tertiary alicyclic amines) is 2. The van der Waals surface area contributed by atoms with Gasteiger partial charge in [0.05, 0.1) is 12.0 Å². The molecule has 5 nitrogen and oxygen atoms in total. The third kappa shape index (κ3) is 3.18. The molecule has 0 aromatic rings. The number of hydrogen-bond donors (Lipinski definition) is 0. The van der Waals surface area contributed by atoms with Crippen molar-refractivity contribution in [3.8, 4) is 0 Å². The first-order chi connectivity index (χ1) is 11.8. The molecule has 0 bridgehead atoms. The first-order valence-electron chi connectivity index (χ1n) is 9.72. The number of alkyl halides is 1. The standard InChI is InChI=1S/C19H31FN2O3/c1-4-25-17(24)18-7-6-10-21(16(23)19(20)8-5-9-19)11-15(18)12-22(13-18)14(2)3/h14-15H,4-13H2,1-3H3/t15-,18-/m0/s1. The summed E-state index contributed by atoms with van der Waals surface area (Å²) in [4.78, 5) is 29.5. The Morgan fingerprint density at radius 1 is 1.20 bits per heavy atom. The van der Waals surface area contributed by atoms with Crippen molar-refractivity contribution in [2.45, 2.75) is 64.6 Å². The van der Waals surface area contributed by atoms with Gasteiger partial charge in [0, 0.05) is 38.1 Å². The highest BCUT2D eigenvalue weighted by Gasteiger charge is 2.56. The molecule has 142 valence electrons. The van der Waals surface area contributed by atoms with Crippen molar-refractivity contribution in [3.05, 3.63) is 0 Å². The van der Waals surface area contributed by atoms with Gasteiger partial charge in [-0.05, 0) is 52.9 Å². The summed E-state index contributed by atoms with van der Waals surface area (Å²) in [6.45, 7) is 8.89. The number of amides is 1. The van der Waals surface area contributed by atoms with Crippen LogP contribution < -0.4 is 0 Å². The third-order valence-electron chi connectivity index (χ3n) is 6.44. The van der Waals surface area contributed by atoms with Crippen molar-refractivity contribution >= 4 is 11.9 Å². The molecule has 6 heteroatoms. The zero-order valence-electron chi connectivity index (χ0n) is 15.7. The summed E-state index contributed by atoms with van der Waals surface area (Å²) in [5, 5.41) is 0. The number of rotatable bonds is 4. The molecule has 2 saturated heterocycles. The molecule has 2 aliphatic heterocycles. The van der Waals surface area contributed by atoms with Crippen LogP contribution in [0.5, 0.6) is 0 Å². The lowest BCUT2D eigenvalue weighted by atomic mass is 9.75. The summed E-state index contributed by atoms with van der Waals surface area (Å²) in [6.07, 6.45) is 2.90. The molecular weight excluding hydrogens is 323 g/mol. The topological polar surface area (TPSA) is 49.9 Å². The van der Waals surface area contributed by atoms with E-state index < -0.39 is 11.1 Å². The van der Waals surface area contributed by atoms with E-state index in [2.05, 4.69) is 18.7 Å². The molecular formula is C19H31FN2O3. The van der Waals surface area contributed by atoms with E-state index in [1.807, 2.05) is 6.92 Å². The smallest absolute Gasteiger partial charge is 0.313 e. The molecule has 0 N–H and O–H groups in total. The SMILES string of the molecule is CCOC(=O)[C@]12CCCN(C(=O)C3(F)CCC3)C[C@H]1CN(C(C)C)C2. The highest BCUT2D eigenvalue weighted by Crippen LogP contribution is 2.45. The van der Waals surface area contributed by atoms with Crippen molar-refractivity contribution in [2.75, 3.05) is 32.8 Å². The number of esters is 1. The zero-order valence-corrected chi connectivity index (χ0v) is 15.7. The molecule has 3 fully saturated rings. The van der Waals surface area contributed by atoms with Gasteiger partial charge in [0.15, 0.2) is 5.67 Å². The van der Waals surface area contributed by atoms with Crippen LogP contribution in [-0.4, -0.2) is 66.2 Å². The van der Waals surface area contributed by atoms with Gasteiger partial charge in [0.2, 0.25) is 0 Å². The van der Waals surface area contributed by atoms with Gasteiger partial charge in [-0.3, -0.25) is 14.5 Å². The average Bonchev–Trinajstić information content (AvgIpc) is 2.82. The van der Waals surface area contributed by atoms with Crippen LogP contribution in [0.15, 0.2) is 0 Å². The van der Waals surface area contributed by atoms with Crippen LogP contribution in [0.25, 0.3) is 0 Å². The Morgan fingerprint density at radius 3 is 2.48 bits per heavy atom. The third-order valence-corrected chi connectivity index (χ3v) is 6.44. The lowest BCUT2D eigenvalue weighted by Crippen LogP contribution is -2.52. The Kier molecular flexibility index (Phi) is 5.11. The maximum atomic E-state index is 14.6. The molecule has 2 heterocycles. The van der Waals surface area contributed by atoms with Crippen LogP contribution in [0.4, 0.5) is 4.39 Å². The summed E-state index contributed by atoms with van der Waals surface area (Å²) in [6, 6.07) is 0.335. The lowest BCUT2D eigenvalue weighted by Gasteiger charge is -2.38. The lowest BCUT2D eigenvalue weighted by molar-refractivity contribution is -0.158. The van der Waals surface area contributed by atoms with Gasteiger partial charge in [0.25, 0.3) is 5.91 Å². The molecule has 0 spiro atoms. The van der Waals surface area contributed by atoms with E-state index in [1.54, 1.807) is 4.90 Å². The minimum atomic E-state index is -1.66. The van der Waals surface area contributed by atoms with E-state index in [4.69, 9.17) is 4.74 Å². The van der Waals surface area contributed by atoms with Crippen molar-refractivity contribution < 1.29 is 18.7 Å². The van der Waals surface area contributed by atoms with Crippen LogP contribution >= 0.6 is 0 Å². The monoisotopic (exact) mass is 354 g/mol. The van der Waals surface area contributed by atoms with E-state index in [-0.39, 0.29) is 17.8 Å². The van der Waals surface area contributed by atoms with Crippen molar-refractivity contribution in [3.63, 3.8) is 0 Å². The minimum Gasteiger partial charge on any atom is -0.466 e. The number of ether oxygens (including phenoxy) is 1. The minimum absolute atomic E-state index is 0.0177. The molecule has 3 rings (SSSR count). The van der Waals surface area contributed by atoms with E-state index in [1.165, 1.54) is 0 Å². The molecule has 0 unspecified atom stereocenters. The summed E-state index contributed by atoms with van der Waals surface area (Å²) in [5.74, 6) is -0.485. The molecule has 1 amide bonds. The predicted octanol–water partition coefficient (Wildman–Crippen LogP) is 2.39. The predicted molar refractivity (Wildman–Crippen MR) is 92.8 cm³/mol. The zero-order chi connectivity index (χ0) is 18.2. The number of fused-ring (bicyclic) bond motifs is 1. The average molecular weight is 354 g/mol.